The minimum absolute atomic E-state index is 0.0276. The summed E-state index contributed by atoms with van der Waals surface area (Å²) in [6.07, 6.45) is 30.1. The predicted octanol–water partition coefficient (Wildman–Crippen LogP) is 10.6. The molecule has 4 rings (SSSR count). The maximum absolute atomic E-state index is 14.5. The molecule has 3 aliphatic carbocycles. The third-order valence-corrected chi connectivity index (χ3v) is 10.1. The van der Waals surface area contributed by atoms with Gasteiger partial charge in [0.2, 0.25) is 5.82 Å². The molecule has 0 N–H and O–H groups in total. The van der Waals surface area contributed by atoms with E-state index in [0.29, 0.717) is 24.5 Å². The second kappa shape index (κ2) is 15.2. The molecule has 212 valence electrons. The minimum atomic E-state index is -0.829. The molecule has 0 spiro atoms. The first kappa shape index (κ1) is 29.3. The van der Waals surface area contributed by atoms with E-state index in [9.17, 15) is 8.78 Å². The molecular formula is C35H52F2O. The average Bonchev–Trinajstić information content (AvgIpc) is 2.94. The lowest BCUT2D eigenvalue weighted by atomic mass is 9.63. The Bertz CT molecular complexity index is 897. The molecule has 3 aliphatic rings. The van der Waals surface area contributed by atoms with Crippen molar-refractivity contribution in [2.75, 3.05) is 6.61 Å². The van der Waals surface area contributed by atoms with E-state index in [2.05, 4.69) is 31.2 Å². The molecule has 1 nitrogen and oxygen atoms in total. The number of aryl methyl sites for hydroxylation is 1. The lowest BCUT2D eigenvalue weighted by molar-refractivity contribution is 0.0926. The topological polar surface area (TPSA) is 9.23 Å². The average molecular weight is 527 g/mol. The summed E-state index contributed by atoms with van der Waals surface area (Å²) in [7, 11) is 0. The van der Waals surface area contributed by atoms with Crippen LogP contribution in [0.2, 0.25) is 0 Å². The van der Waals surface area contributed by atoms with Crippen LogP contribution in [-0.2, 0) is 6.42 Å². The zero-order valence-corrected chi connectivity index (χ0v) is 24.1. The van der Waals surface area contributed by atoms with Gasteiger partial charge in [0.05, 0.1) is 6.61 Å². The SMILES string of the molecule is C/C=C/CCC1CCC(/C=C/CCC2CCC3CC(CCc4ccc(OCC)c(F)c4F)CCC3C2)CC1. The van der Waals surface area contributed by atoms with Crippen molar-refractivity contribution in [3.8, 4) is 5.75 Å². The molecule has 4 atom stereocenters. The summed E-state index contributed by atoms with van der Waals surface area (Å²) in [6.45, 7) is 4.25. The first-order valence-corrected chi connectivity index (χ1v) is 15.9. The number of hydrogen-bond acceptors (Lipinski definition) is 1. The Balaban J connectivity index is 1.12. The molecule has 3 fully saturated rings. The Labute approximate surface area is 231 Å². The van der Waals surface area contributed by atoms with Crippen molar-refractivity contribution in [3.05, 3.63) is 53.6 Å². The van der Waals surface area contributed by atoms with Crippen LogP contribution in [0.5, 0.6) is 5.75 Å². The molecular weight excluding hydrogens is 474 g/mol. The first-order valence-electron chi connectivity index (χ1n) is 15.9. The number of benzene rings is 1. The monoisotopic (exact) mass is 526 g/mol. The van der Waals surface area contributed by atoms with E-state index >= 15 is 0 Å². The summed E-state index contributed by atoms with van der Waals surface area (Å²) in [5.41, 5.74) is 0.502. The van der Waals surface area contributed by atoms with Gasteiger partial charge in [-0.25, -0.2) is 4.39 Å². The minimum Gasteiger partial charge on any atom is -0.491 e. The van der Waals surface area contributed by atoms with Crippen molar-refractivity contribution < 1.29 is 13.5 Å². The molecule has 0 radical (unpaired) electrons. The first-order chi connectivity index (χ1) is 18.6. The second-order valence-corrected chi connectivity index (χ2v) is 12.6. The van der Waals surface area contributed by atoms with Crippen molar-refractivity contribution in [1.82, 2.24) is 0 Å². The van der Waals surface area contributed by atoms with E-state index < -0.39 is 11.6 Å². The summed E-state index contributed by atoms with van der Waals surface area (Å²) in [5, 5.41) is 0. The Morgan fingerprint density at radius 2 is 1.39 bits per heavy atom. The fraction of sp³-hybridized carbons (Fsp3) is 0.714. The van der Waals surface area contributed by atoms with E-state index in [-0.39, 0.29) is 5.75 Å². The van der Waals surface area contributed by atoms with Gasteiger partial charge in [0, 0.05) is 0 Å². The standard InChI is InChI=1S/C35H52F2O/c1-3-5-6-9-26-12-14-27(15-13-26)10-7-8-11-28-17-20-32-25-29(18-21-31(32)24-28)16-19-30-22-23-33(38-4-2)35(37)34(30)36/h3,5,7,10,22-23,26-29,31-32H,4,6,8-9,11-21,24-25H2,1-2H3/b5-3+,10-7+. The van der Waals surface area contributed by atoms with E-state index in [0.717, 1.165) is 36.0 Å². The van der Waals surface area contributed by atoms with Crippen LogP contribution in [0.1, 0.15) is 116 Å². The van der Waals surface area contributed by atoms with Crippen LogP contribution in [0.25, 0.3) is 0 Å². The molecule has 0 heterocycles. The van der Waals surface area contributed by atoms with Crippen LogP contribution in [0.4, 0.5) is 8.78 Å². The van der Waals surface area contributed by atoms with Crippen LogP contribution in [0, 0.1) is 47.1 Å². The highest BCUT2D eigenvalue weighted by Gasteiger charge is 2.35. The smallest absolute Gasteiger partial charge is 0.200 e. The van der Waals surface area contributed by atoms with Crippen LogP contribution >= 0.6 is 0 Å². The number of allylic oxidation sites excluding steroid dienone is 4. The van der Waals surface area contributed by atoms with Gasteiger partial charge in [0.15, 0.2) is 11.6 Å². The lowest BCUT2D eigenvalue weighted by Gasteiger charge is -2.42. The quantitative estimate of drug-likeness (QED) is 0.246. The van der Waals surface area contributed by atoms with Crippen molar-refractivity contribution in [2.24, 2.45) is 35.5 Å². The number of rotatable bonds is 12. The number of hydrogen-bond donors (Lipinski definition) is 0. The summed E-state index contributed by atoms with van der Waals surface area (Å²) in [6, 6.07) is 3.30. The Morgan fingerprint density at radius 1 is 0.763 bits per heavy atom. The Hall–Kier alpha value is -1.64. The van der Waals surface area contributed by atoms with Gasteiger partial charge in [0.1, 0.15) is 0 Å². The molecule has 0 bridgehead atoms. The van der Waals surface area contributed by atoms with Gasteiger partial charge in [-0.3, -0.25) is 0 Å². The molecule has 1 aromatic rings. The largest absolute Gasteiger partial charge is 0.491 e. The third-order valence-electron chi connectivity index (χ3n) is 10.1. The number of ether oxygens (including phenoxy) is 1. The van der Waals surface area contributed by atoms with Gasteiger partial charge in [-0.15, -0.1) is 0 Å². The van der Waals surface area contributed by atoms with Gasteiger partial charge in [-0.1, -0.05) is 43.2 Å². The van der Waals surface area contributed by atoms with Crippen molar-refractivity contribution in [3.63, 3.8) is 0 Å². The van der Waals surface area contributed by atoms with E-state index in [1.165, 1.54) is 89.9 Å². The molecule has 4 unspecified atom stereocenters. The predicted molar refractivity (Wildman–Crippen MR) is 155 cm³/mol. The summed E-state index contributed by atoms with van der Waals surface area (Å²) < 4.78 is 33.9. The van der Waals surface area contributed by atoms with E-state index in [1.807, 2.05) is 0 Å². The molecule has 0 saturated heterocycles. The summed E-state index contributed by atoms with van der Waals surface area (Å²) in [5.74, 6) is 3.57. The van der Waals surface area contributed by atoms with Gasteiger partial charge < -0.3 is 4.74 Å². The maximum atomic E-state index is 14.5. The summed E-state index contributed by atoms with van der Waals surface area (Å²) in [4.78, 5) is 0. The molecule has 0 aliphatic heterocycles. The Kier molecular flexibility index (Phi) is 11.8. The zero-order valence-electron chi connectivity index (χ0n) is 24.1. The van der Waals surface area contributed by atoms with Gasteiger partial charge in [-0.05, 0) is 151 Å². The lowest BCUT2D eigenvalue weighted by Crippen LogP contribution is -2.31. The molecule has 3 heteroatoms. The maximum Gasteiger partial charge on any atom is 0.200 e. The molecule has 1 aromatic carbocycles. The van der Waals surface area contributed by atoms with Gasteiger partial charge in [0.25, 0.3) is 0 Å². The van der Waals surface area contributed by atoms with Crippen LogP contribution in [0.15, 0.2) is 36.4 Å². The normalized spacial score (nSPS) is 30.1. The van der Waals surface area contributed by atoms with E-state index in [1.54, 1.807) is 19.1 Å². The molecule has 38 heavy (non-hydrogen) atoms. The Morgan fingerprint density at radius 3 is 2.08 bits per heavy atom. The second-order valence-electron chi connectivity index (χ2n) is 12.6. The highest BCUT2D eigenvalue weighted by atomic mass is 19.2. The van der Waals surface area contributed by atoms with Crippen LogP contribution in [-0.4, -0.2) is 6.61 Å². The van der Waals surface area contributed by atoms with Gasteiger partial charge in [-0.2, -0.15) is 4.39 Å². The van der Waals surface area contributed by atoms with Crippen LogP contribution in [0.3, 0.4) is 0 Å². The number of fused-ring (bicyclic) bond motifs is 1. The van der Waals surface area contributed by atoms with Crippen molar-refractivity contribution in [2.45, 2.75) is 117 Å². The van der Waals surface area contributed by atoms with E-state index in [4.69, 9.17) is 4.74 Å². The molecule has 0 amide bonds. The highest BCUT2D eigenvalue weighted by Crippen LogP contribution is 2.46. The highest BCUT2D eigenvalue weighted by molar-refractivity contribution is 5.31. The van der Waals surface area contributed by atoms with Gasteiger partial charge >= 0.3 is 0 Å². The van der Waals surface area contributed by atoms with Crippen molar-refractivity contribution in [1.29, 1.82) is 0 Å². The number of halogens is 2. The fourth-order valence-corrected chi connectivity index (χ4v) is 7.79. The molecule has 3 saturated carbocycles. The zero-order chi connectivity index (χ0) is 26.7. The van der Waals surface area contributed by atoms with Crippen molar-refractivity contribution >= 4 is 0 Å². The fourth-order valence-electron chi connectivity index (χ4n) is 7.79. The molecule has 0 aromatic heterocycles. The summed E-state index contributed by atoms with van der Waals surface area (Å²) >= 11 is 0. The van der Waals surface area contributed by atoms with Crippen LogP contribution < -0.4 is 4.74 Å². The third kappa shape index (κ3) is 8.43.